The fourth-order valence-electron chi connectivity index (χ4n) is 8.40. The van der Waals surface area contributed by atoms with E-state index >= 15 is 0 Å². The topological polar surface area (TPSA) is 111 Å². The van der Waals surface area contributed by atoms with E-state index in [2.05, 4.69) is 6.92 Å². The molecule has 5 rings (SSSR count). The molecule has 6 nitrogen and oxygen atoms in total. The molecule has 30 heavy (non-hydrogen) atoms. The molecule has 0 aliphatic heterocycles. The summed E-state index contributed by atoms with van der Waals surface area (Å²) in [6.07, 6.45) is 4.68. The van der Waals surface area contributed by atoms with Gasteiger partial charge in [-0.1, -0.05) is 13.8 Å². The fraction of sp³-hybridized carbons (Fsp3) is 0.792. The largest absolute Gasteiger partial charge is 0.431 e. The minimum Gasteiger partial charge on any atom is -0.431 e. The van der Waals surface area contributed by atoms with E-state index in [1.807, 2.05) is 6.92 Å². The van der Waals surface area contributed by atoms with E-state index in [0.29, 0.717) is 17.9 Å². The van der Waals surface area contributed by atoms with Gasteiger partial charge in [-0.3, -0.25) is 0 Å². The first-order valence-corrected chi connectivity index (χ1v) is 11.5. The maximum Gasteiger partial charge on any atom is 0.335 e. The lowest BCUT2D eigenvalue weighted by Gasteiger charge is -2.63. The summed E-state index contributed by atoms with van der Waals surface area (Å²) in [6, 6.07) is 2.98. The predicted molar refractivity (Wildman–Crippen MR) is 110 cm³/mol. The van der Waals surface area contributed by atoms with Gasteiger partial charge in [0.2, 0.25) is 0 Å². The van der Waals surface area contributed by atoms with Crippen LogP contribution in [0.25, 0.3) is 0 Å². The second-order valence-corrected chi connectivity index (χ2v) is 11.0. The SMILES string of the molecule is C[C@]12CC[C@H](O)C[C@H]1CC[C@@H]1[C@@H]2CC[C@]2(C)[C@H](c3ccc(=O)oc3)[C@H](O)[C@@H](O)[C@]12O. The second kappa shape index (κ2) is 6.64. The van der Waals surface area contributed by atoms with Crippen LogP contribution in [0, 0.1) is 28.6 Å². The Morgan fingerprint density at radius 2 is 1.77 bits per heavy atom. The highest BCUT2D eigenvalue weighted by Gasteiger charge is 2.73. The molecule has 0 unspecified atom stereocenters. The lowest BCUT2D eigenvalue weighted by molar-refractivity contribution is -0.236. The van der Waals surface area contributed by atoms with Gasteiger partial charge in [-0.05, 0) is 79.7 Å². The molecule has 1 aromatic heterocycles. The Morgan fingerprint density at radius 1 is 1.00 bits per heavy atom. The standard InChI is InChI=1S/C24H34O6/c1-22-9-7-15(25)11-14(22)4-5-17-16(22)8-10-23(2)19(13-3-6-18(26)30-12-13)20(27)21(28)24(17,23)29/h3,6,12,14-17,19-21,25,27-29H,4-5,7-11H2,1-2H3/t14-,15+,16+,17-,19-,20+,21-,22+,23-,24-/m1/s1. The molecule has 0 amide bonds. The van der Waals surface area contributed by atoms with Gasteiger partial charge in [-0.25, -0.2) is 4.79 Å². The van der Waals surface area contributed by atoms with Crippen molar-refractivity contribution in [1.29, 1.82) is 0 Å². The zero-order valence-corrected chi connectivity index (χ0v) is 17.8. The zero-order chi connectivity index (χ0) is 21.5. The molecule has 4 aliphatic rings. The van der Waals surface area contributed by atoms with Crippen LogP contribution < -0.4 is 5.63 Å². The molecule has 0 aromatic carbocycles. The number of aliphatic hydroxyl groups excluding tert-OH is 3. The fourth-order valence-corrected chi connectivity index (χ4v) is 8.40. The minimum atomic E-state index is -1.40. The molecule has 0 bridgehead atoms. The zero-order valence-electron chi connectivity index (χ0n) is 17.8. The Kier molecular flexibility index (Phi) is 4.58. The van der Waals surface area contributed by atoms with Gasteiger partial charge in [-0.15, -0.1) is 0 Å². The first-order valence-electron chi connectivity index (χ1n) is 11.5. The smallest absolute Gasteiger partial charge is 0.335 e. The summed E-state index contributed by atoms with van der Waals surface area (Å²) in [5, 5.41) is 44.7. The third-order valence-electron chi connectivity index (χ3n) is 10.0. The first kappa shape index (κ1) is 20.7. The van der Waals surface area contributed by atoms with Crippen molar-refractivity contribution in [2.75, 3.05) is 0 Å². The van der Waals surface area contributed by atoms with Crippen LogP contribution >= 0.6 is 0 Å². The first-order chi connectivity index (χ1) is 14.1. The van der Waals surface area contributed by atoms with Gasteiger partial charge in [0.25, 0.3) is 0 Å². The van der Waals surface area contributed by atoms with Gasteiger partial charge in [0.15, 0.2) is 0 Å². The van der Waals surface area contributed by atoms with Crippen molar-refractivity contribution in [1.82, 2.24) is 0 Å². The Labute approximate surface area is 176 Å². The highest BCUT2D eigenvalue weighted by molar-refractivity contribution is 5.32. The lowest BCUT2D eigenvalue weighted by atomic mass is 9.43. The summed E-state index contributed by atoms with van der Waals surface area (Å²) >= 11 is 0. The van der Waals surface area contributed by atoms with Crippen molar-refractivity contribution in [3.05, 3.63) is 34.4 Å². The van der Waals surface area contributed by atoms with Crippen molar-refractivity contribution in [2.24, 2.45) is 28.6 Å². The molecule has 4 saturated carbocycles. The van der Waals surface area contributed by atoms with Crippen LogP contribution in [0.15, 0.2) is 27.6 Å². The summed E-state index contributed by atoms with van der Waals surface area (Å²) in [6.45, 7) is 4.30. The average Bonchev–Trinajstić information content (AvgIpc) is 2.87. The second-order valence-electron chi connectivity index (χ2n) is 11.0. The maximum atomic E-state index is 12.2. The summed E-state index contributed by atoms with van der Waals surface area (Å²) in [5.41, 5.74) is -1.88. The monoisotopic (exact) mass is 418 g/mol. The molecule has 4 N–H and O–H groups in total. The van der Waals surface area contributed by atoms with Gasteiger partial charge >= 0.3 is 5.63 Å². The Balaban J connectivity index is 1.56. The van der Waals surface area contributed by atoms with E-state index in [1.54, 1.807) is 6.07 Å². The van der Waals surface area contributed by atoms with Crippen LogP contribution in [-0.4, -0.2) is 44.3 Å². The van der Waals surface area contributed by atoms with E-state index < -0.39 is 34.8 Å². The Morgan fingerprint density at radius 3 is 2.47 bits per heavy atom. The molecule has 4 aliphatic carbocycles. The number of hydrogen-bond donors (Lipinski definition) is 4. The van der Waals surface area contributed by atoms with Crippen LogP contribution in [0.5, 0.6) is 0 Å². The van der Waals surface area contributed by atoms with E-state index in [4.69, 9.17) is 4.42 Å². The molecular formula is C24H34O6. The van der Waals surface area contributed by atoms with Gasteiger partial charge in [-0.2, -0.15) is 0 Å². The van der Waals surface area contributed by atoms with Crippen molar-refractivity contribution >= 4 is 0 Å². The number of fused-ring (bicyclic) bond motifs is 5. The predicted octanol–water partition coefficient (Wildman–Crippen LogP) is 2.18. The highest BCUT2D eigenvalue weighted by Crippen LogP contribution is 2.70. The molecule has 0 saturated heterocycles. The van der Waals surface area contributed by atoms with Gasteiger partial charge in [0.05, 0.1) is 18.5 Å². The maximum absolute atomic E-state index is 12.2. The molecule has 6 heteroatoms. The summed E-state index contributed by atoms with van der Waals surface area (Å²) in [5.74, 6) is 0.105. The highest BCUT2D eigenvalue weighted by atomic mass is 16.4. The normalized spacial score (nSPS) is 52.9. The van der Waals surface area contributed by atoms with Crippen molar-refractivity contribution in [3.8, 4) is 0 Å². The minimum absolute atomic E-state index is 0.0432. The summed E-state index contributed by atoms with van der Waals surface area (Å²) in [4.78, 5) is 11.4. The van der Waals surface area contributed by atoms with Crippen molar-refractivity contribution < 1.29 is 24.8 Å². The van der Waals surface area contributed by atoms with Crippen LogP contribution in [0.3, 0.4) is 0 Å². The number of hydrogen-bond acceptors (Lipinski definition) is 6. The third-order valence-corrected chi connectivity index (χ3v) is 10.0. The quantitative estimate of drug-likeness (QED) is 0.556. The molecule has 0 spiro atoms. The Bertz CT molecular complexity index is 862. The molecule has 10 atom stereocenters. The lowest BCUT2D eigenvalue weighted by Crippen LogP contribution is -2.65. The number of aliphatic hydroxyl groups is 4. The van der Waals surface area contributed by atoms with E-state index in [-0.39, 0.29) is 23.4 Å². The van der Waals surface area contributed by atoms with Crippen LogP contribution in [-0.2, 0) is 0 Å². The molecular weight excluding hydrogens is 384 g/mol. The molecule has 0 radical (unpaired) electrons. The number of rotatable bonds is 1. The third kappa shape index (κ3) is 2.48. The van der Waals surface area contributed by atoms with E-state index in [1.165, 1.54) is 12.3 Å². The molecule has 4 fully saturated rings. The van der Waals surface area contributed by atoms with Gasteiger partial charge in [0.1, 0.15) is 11.7 Å². The van der Waals surface area contributed by atoms with Crippen LogP contribution in [0.1, 0.15) is 70.3 Å². The van der Waals surface area contributed by atoms with Crippen molar-refractivity contribution in [2.45, 2.75) is 88.6 Å². The Hall–Kier alpha value is -1.21. The summed E-state index contributed by atoms with van der Waals surface area (Å²) in [7, 11) is 0. The van der Waals surface area contributed by atoms with Gasteiger partial charge < -0.3 is 24.8 Å². The molecule has 166 valence electrons. The van der Waals surface area contributed by atoms with Gasteiger partial charge in [0, 0.05) is 17.4 Å². The summed E-state index contributed by atoms with van der Waals surface area (Å²) < 4.78 is 5.06. The van der Waals surface area contributed by atoms with Crippen molar-refractivity contribution in [3.63, 3.8) is 0 Å². The van der Waals surface area contributed by atoms with E-state index in [9.17, 15) is 25.2 Å². The van der Waals surface area contributed by atoms with E-state index in [0.717, 1.165) is 38.5 Å². The molecule has 1 heterocycles. The van der Waals surface area contributed by atoms with Crippen LogP contribution in [0.4, 0.5) is 0 Å². The van der Waals surface area contributed by atoms with Crippen LogP contribution in [0.2, 0.25) is 0 Å². The molecule has 1 aromatic rings. The average molecular weight is 419 g/mol.